The van der Waals surface area contributed by atoms with Gasteiger partial charge in [-0.3, -0.25) is 0 Å². The molecule has 15 heavy (non-hydrogen) atoms. The van der Waals surface area contributed by atoms with Gasteiger partial charge in [0.15, 0.2) is 0 Å². The van der Waals surface area contributed by atoms with Crippen molar-refractivity contribution in [2.75, 3.05) is 0 Å². The van der Waals surface area contributed by atoms with Crippen molar-refractivity contribution in [3.8, 4) is 0 Å². The molecule has 0 fully saturated rings. The molecule has 1 N–H and O–H groups in total. The van der Waals surface area contributed by atoms with E-state index in [1.165, 1.54) is 0 Å². The fourth-order valence-corrected chi connectivity index (χ4v) is 1.05. The summed E-state index contributed by atoms with van der Waals surface area (Å²) in [5, 5.41) is 0. The number of fused-ring (bicyclic) bond motifs is 1. The lowest BCUT2D eigenvalue weighted by Crippen LogP contribution is -1.89. The normalized spacial score (nSPS) is 8.67. The Labute approximate surface area is 92.0 Å². The molecular formula is C12H21N3. The molecule has 0 saturated carbocycles. The number of H-pyrrole nitrogens is 1. The van der Waals surface area contributed by atoms with Gasteiger partial charge in [-0.2, -0.15) is 0 Å². The number of aromatic nitrogens is 3. The lowest BCUT2D eigenvalue weighted by Gasteiger charge is -1.96. The summed E-state index contributed by atoms with van der Waals surface area (Å²) in [6, 6.07) is 0. The van der Waals surface area contributed by atoms with Crippen LogP contribution in [0, 0.1) is 13.8 Å². The molecule has 0 atom stereocenters. The average molecular weight is 207 g/mol. The van der Waals surface area contributed by atoms with E-state index in [1.54, 1.807) is 0 Å². The molecule has 2 aromatic heterocycles. The van der Waals surface area contributed by atoms with Crippen molar-refractivity contribution in [3.05, 3.63) is 23.8 Å². The first-order chi connectivity index (χ1) is 7.27. The van der Waals surface area contributed by atoms with Gasteiger partial charge in [-0.1, -0.05) is 27.7 Å². The number of nitrogens with zero attached hydrogens (tertiary/aromatic N) is 2. The summed E-state index contributed by atoms with van der Waals surface area (Å²) < 4.78 is 0. The lowest BCUT2D eigenvalue weighted by atomic mass is 10.3. The smallest absolute Gasteiger partial charge is 0.106 e. The van der Waals surface area contributed by atoms with Crippen molar-refractivity contribution in [1.29, 1.82) is 0 Å². The molecule has 2 heterocycles. The Morgan fingerprint density at radius 2 is 1.13 bits per heavy atom. The molecule has 84 valence electrons. The van der Waals surface area contributed by atoms with Crippen LogP contribution >= 0.6 is 0 Å². The predicted octanol–water partition coefficient (Wildman–Crippen LogP) is 3.63. The zero-order valence-electron chi connectivity index (χ0n) is 10.5. The topological polar surface area (TPSA) is 41.6 Å². The van der Waals surface area contributed by atoms with E-state index in [-0.39, 0.29) is 0 Å². The Morgan fingerprint density at radius 1 is 0.800 bits per heavy atom. The summed E-state index contributed by atoms with van der Waals surface area (Å²) in [6.07, 6.45) is 3.71. The number of aryl methyl sites for hydroxylation is 2. The third-order valence-electron chi connectivity index (χ3n) is 1.80. The summed E-state index contributed by atoms with van der Waals surface area (Å²) in [6.45, 7) is 11.9. The first-order valence-corrected chi connectivity index (χ1v) is 5.55. The SMILES string of the molecule is CC.CC.Cc1nc2c[nH]cc2nc1C. The minimum atomic E-state index is 0.938. The third-order valence-corrected chi connectivity index (χ3v) is 1.80. The molecule has 0 spiro atoms. The number of hydrogen-bond donors (Lipinski definition) is 1. The fourth-order valence-electron chi connectivity index (χ4n) is 1.05. The Morgan fingerprint density at radius 3 is 1.47 bits per heavy atom. The van der Waals surface area contributed by atoms with Gasteiger partial charge in [0, 0.05) is 12.4 Å². The molecule has 0 aliphatic carbocycles. The van der Waals surface area contributed by atoms with Crippen LogP contribution in [-0.4, -0.2) is 15.0 Å². The van der Waals surface area contributed by atoms with Gasteiger partial charge >= 0.3 is 0 Å². The van der Waals surface area contributed by atoms with Crippen LogP contribution in [0.2, 0.25) is 0 Å². The Kier molecular flexibility index (Phi) is 6.34. The van der Waals surface area contributed by atoms with Crippen LogP contribution in [0.3, 0.4) is 0 Å². The van der Waals surface area contributed by atoms with Crippen molar-refractivity contribution in [3.63, 3.8) is 0 Å². The van der Waals surface area contributed by atoms with E-state index >= 15 is 0 Å². The zero-order valence-corrected chi connectivity index (χ0v) is 10.5. The second-order valence-electron chi connectivity index (χ2n) is 2.62. The van der Waals surface area contributed by atoms with Crippen molar-refractivity contribution in [2.24, 2.45) is 0 Å². The van der Waals surface area contributed by atoms with Crippen molar-refractivity contribution >= 4 is 11.0 Å². The van der Waals surface area contributed by atoms with Crippen molar-refractivity contribution in [2.45, 2.75) is 41.5 Å². The Bertz CT molecular complexity index is 355. The second kappa shape index (κ2) is 6.98. The quantitative estimate of drug-likeness (QED) is 0.716. The third kappa shape index (κ3) is 3.35. The number of rotatable bonds is 0. The molecule has 0 saturated heterocycles. The minimum absolute atomic E-state index is 0.938. The molecule has 0 amide bonds. The van der Waals surface area contributed by atoms with Gasteiger partial charge in [-0.05, 0) is 13.8 Å². The maximum Gasteiger partial charge on any atom is 0.106 e. The summed E-state index contributed by atoms with van der Waals surface area (Å²) in [5.74, 6) is 0. The van der Waals surface area contributed by atoms with Crippen LogP contribution in [0.15, 0.2) is 12.4 Å². The van der Waals surface area contributed by atoms with Crippen LogP contribution in [0.1, 0.15) is 39.1 Å². The largest absolute Gasteiger partial charge is 0.364 e. The maximum absolute atomic E-state index is 4.34. The highest BCUT2D eigenvalue weighted by Crippen LogP contribution is 2.09. The van der Waals surface area contributed by atoms with E-state index in [0.29, 0.717) is 0 Å². The van der Waals surface area contributed by atoms with Gasteiger partial charge < -0.3 is 4.98 Å². The van der Waals surface area contributed by atoms with Gasteiger partial charge in [0.2, 0.25) is 0 Å². The van der Waals surface area contributed by atoms with E-state index in [0.717, 1.165) is 22.4 Å². The molecule has 0 unspecified atom stereocenters. The average Bonchev–Trinajstić information content (AvgIpc) is 2.72. The molecule has 3 nitrogen and oxygen atoms in total. The van der Waals surface area contributed by atoms with Gasteiger partial charge in [-0.25, -0.2) is 9.97 Å². The number of aromatic amines is 1. The molecule has 0 radical (unpaired) electrons. The van der Waals surface area contributed by atoms with Crippen LogP contribution in [0.5, 0.6) is 0 Å². The van der Waals surface area contributed by atoms with Gasteiger partial charge in [0.1, 0.15) is 11.0 Å². The van der Waals surface area contributed by atoms with Crippen LogP contribution in [-0.2, 0) is 0 Å². The fraction of sp³-hybridized carbons (Fsp3) is 0.500. The minimum Gasteiger partial charge on any atom is -0.364 e. The maximum atomic E-state index is 4.34. The molecule has 0 aliphatic heterocycles. The molecule has 2 aromatic rings. The number of nitrogens with one attached hydrogen (secondary N) is 1. The highest BCUT2D eigenvalue weighted by atomic mass is 14.9. The van der Waals surface area contributed by atoms with E-state index in [1.807, 2.05) is 53.9 Å². The summed E-state index contributed by atoms with van der Waals surface area (Å²) in [7, 11) is 0. The van der Waals surface area contributed by atoms with Crippen LogP contribution in [0.25, 0.3) is 11.0 Å². The Hall–Kier alpha value is -1.38. The first-order valence-electron chi connectivity index (χ1n) is 5.55. The summed E-state index contributed by atoms with van der Waals surface area (Å²) in [5.41, 5.74) is 3.87. The molecule has 2 rings (SSSR count). The summed E-state index contributed by atoms with van der Waals surface area (Å²) >= 11 is 0. The van der Waals surface area contributed by atoms with Crippen LogP contribution in [0.4, 0.5) is 0 Å². The number of hydrogen-bond acceptors (Lipinski definition) is 2. The standard InChI is InChI=1S/C8H9N3.2C2H6/c1-5-6(2)11-8-4-9-3-7(8)10-5;2*1-2/h3-4,9H,1-2H3;2*1-2H3. The van der Waals surface area contributed by atoms with E-state index < -0.39 is 0 Å². The van der Waals surface area contributed by atoms with E-state index in [2.05, 4.69) is 15.0 Å². The highest BCUT2D eigenvalue weighted by Gasteiger charge is 1.99. The predicted molar refractivity (Wildman–Crippen MR) is 66.1 cm³/mol. The monoisotopic (exact) mass is 207 g/mol. The summed E-state index contributed by atoms with van der Waals surface area (Å²) in [4.78, 5) is 11.6. The molecule has 0 aliphatic rings. The second-order valence-corrected chi connectivity index (χ2v) is 2.62. The van der Waals surface area contributed by atoms with E-state index in [9.17, 15) is 0 Å². The van der Waals surface area contributed by atoms with Gasteiger partial charge in [0.25, 0.3) is 0 Å². The molecule has 3 heteroatoms. The molecule has 0 aromatic carbocycles. The van der Waals surface area contributed by atoms with Gasteiger partial charge in [0.05, 0.1) is 11.4 Å². The Balaban J connectivity index is 0.000000442. The lowest BCUT2D eigenvalue weighted by molar-refractivity contribution is 1.11. The van der Waals surface area contributed by atoms with Gasteiger partial charge in [-0.15, -0.1) is 0 Å². The van der Waals surface area contributed by atoms with Crippen molar-refractivity contribution in [1.82, 2.24) is 15.0 Å². The van der Waals surface area contributed by atoms with Crippen molar-refractivity contribution < 1.29 is 0 Å². The van der Waals surface area contributed by atoms with Crippen LogP contribution < -0.4 is 0 Å². The first kappa shape index (κ1) is 13.6. The zero-order chi connectivity index (χ0) is 11.8. The van der Waals surface area contributed by atoms with E-state index in [4.69, 9.17) is 0 Å². The molecule has 0 bridgehead atoms. The molecular weight excluding hydrogens is 186 g/mol. The highest BCUT2D eigenvalue weighted by molar-refractivity contribution is 5.73.